The Kier molecular flexibility index (Phi) is 8.83. The molecule has 0 spiro atoms. The zero-order valence-corrected chi connectivity index (χ0v) is 20.6. The summed E-state index contributed by atoms with van der Waals surface area (Å²) < 4.78 is 10.8. The number of benzene rings is 2. The lowest BCUT2D eigenvalue weighted by Crippen LogP contribution is -2.36. The van der Waals surface area contributed by atoms with Crippen LogP contribution in [0.5, 0.6) is 11.5 Å². The second-order valence-electron chi connectivity index (χ2n) is 7.56. The Morgan fingerprint density at radius 3 is 2.66 bits per heavy atom. The third-order valence-corrected chi connectivity index (χ3v) is 5.23. The number of nitrogens with zero attached hydrogens (tertiary/aromatic N) is 2. The molecule has 0 aromatic heterocycles. The molecule has 0 saturated carbocycles. The molecule has 0 radical (unpaired) electrons. The number of guanidine groups is 1. The smallest absolute Gasteiger partial charge is 0.321 e. The lowest BCUT2D eigenvalue weighted by atomic mass is 10.2. The van der Waals surface area contributed by atoms with Crippen LogP contribution in [0.15, 0.2) is 47.5 Å². The lowest BCUT2D eigenvalue weighted by Gasteiger charge is -2.16. The molecule has 0 unspecified atom stereocenters. The number of carbonyl (C=O) groups excluding carboxylic acids is 1. The number of halogens is 1. The normalized spacial score (nSPS) is 14.7. The highest BCUT2D eigenvalue weighted by molar-refractivity contribution is 14.0. The summed E-state index contributed by atoms with van der Waals surface area (Å²) in [5.41, 5.74) is 2.91. The van der Waals surface area contributed by atoms with Crippen LogP contribution in [0, 0.1) is 0 Å². The Morgan fingerprint density at radius 2 is 1.84 bits per heavy atom. The van der Waals surface area contributed by atoms with Gasteiger partial charge in [0.05, 0.1) is 6.54 Å². The standard InChI is InChI=1S/C23H29N5O3.HI/c1-2-24-22(26-15-18-8-9-20-21(13-18)31-16-30-20)25-14-17-6-5-7-19(12-17)27-23(29)28-10-3-4-11-28;/h5-9,12-13H,2-4,10-11,14-16H2,1H3,(H,27,29)(H2,24,25,26);1H. The number of hydrogen-bond donors (Lipinski definition) is 3. The number of carbonyl (C=O) groups is 1. The zero-order valence-electron chi connectivity index (χ0n) is 18.2. The van der Waals surface area contributed by atoms with Gasteiger partial charge in [0.2, 0.25) is 6.79 Å². The summed E-state index contributed by atoms with van der Waals surface area (Å²) in [6.45, 7) is 5.85. The van der Waals surface area contributed by atoms with E-state index >= 15 is 0 Å². The Bertz CT molecular complexity index is 947. The van der Waals surface area contributed by atoms with Gasteiger partial charge in [0.25, 0.3) is 0 Å². The van der Waals surface area contributed by atoms with Crippen molar-refractivity contribution in [3.05, 3.63) is 53.6 Å². The van der Waals surface area contributed by atoms with Crippen LogP contribution >= 0.6 is 24.0 Å². The number of amides is 2. The van der Waals surface area contributed by atoms with E-state index in [4.69, 9.17) is 9.47 Å². The Morgan fingerprint density at radius 1 is 1.03 bits per heavy atom. The number of hydrogen-bond acceptors (Lipinski definition) is 4. The quantitative estimate of drug-likeness (QED) is 0.288. The summed E-state index contributed by atoms with van der Waals surface area (Å²) >= 11 is 0. The number of aliphatic imine (C=N–C) groups is 1. The number of fused-ring (bicyclic) bond motifs is 1. The number of nitrogens with one attached hydrogen (secondary N) is 3. The molecule has 1 saturated heterocycles. The van der Waals surface area contributed by atoms with Crippen molar-refractivity contribution < 1.29 is 14.3 Å². The maximum atomic E-state index is 12.3. The predicted molar refractivity (Wildman–Crippen MR) is 136 cm³/mol. The molecule has 2 heterocycles. The molecule has 1 fully saturated rings. The fourth-order valence-electron chi connectivity index (χ4n) is 3.62. The zero-order chi connectivity index (χ0) is 21.5. The van der Waals surface area contributed by atoms with Gasteiger partial charge in [-0.2, -0.15) is 0 Å². The van der Waals surface area contributed by atoms with Crippen LogP contribution in [0.3, 0.4) is 0 Å². The molecular formula is C23H30IN5O3. The Balaban J connectivity index is 0.00000289. The molecule has 32 heavy (non-hydrogen) atoms. The maximum Gasteiger partial charge on any atom is 0.321 e. The van der Waals surface area contributed by atoms with Crippen molar-refractivity contribution in [3.63, 3.8) is 0 Å². The van der Waals surface area contributed by atoms with Crippen molar-refractivity contribution in [2.24, 2.45) is 4.99 Å². The molecule has 2 aromatic rings. The van der Waals surface area contributed by atoms with Crippen LogP contribution < -0.4 is 25.4 Å². The van der Waals surface area contributed by atoms with E-state index in [2.05, 4.69) is 20.9 Å². The summed E-state index contributed by atoms with van der Waals surface area (Å²) in [7, 11) is 0. The summed E-state index contributed by atoms with van der Waals surface area (Å²) in [5.74, 6) is 2.28. The monoisotopic (exact) mass is 551 g/mol. The number of anilines is 1. The molecular weight excluding hydrogens is 521 g/mol. The Hall–Kier alpha value is -2.69. The fraction of sp³-hybridized carbons (Fsp3) is 0.391. The van der Waals surface area contributed by atoms with Crippen LogP contribution in [-0.4, -0.2) is 43.3 Å². The molecule has 172 valence electrons. The summed E-state index contributed by atoms with van der Waals surface area (Å²) in [5, 5.41) is 9.60. The molecule has 0 bridgehead atoms. The minimum absolute atomic E-state index is 0. The van der Waals surface area contributed by atoms with Gasteiger partial charge in [-0.25, -0.2) is 9.79 Å². The van der Waals surface area contributed by atoms with Crippen molar-refractivity contribution >= 4 is 41.7 Å². The van der Waals surface area contributed by atoms with Gasteiger partial charge in [-0.1, -0.05) is 18.2 Å². The minimum Gasteiger partial charge on any atom is -0.454 e. The van der Waals surface area contributed by atoms with Crippen molar-refractivity contribution in [1.82, 2.24) is 15.5 Å². The van der Waals surface area contributed by atoms with Gasteiger partial charge in [0.15, 0.2) is 17.5 Å². The third kappa shape index (κ3) is 6.41. The van der Waals surface area contributed by atoms with E-state index in [1.807, 2.05) is 54.3 Å². The number of likely N-dealkylation sites (tertiary alicyclic amines) is 1. The third-order valence-electron chi connectivity index (χ3n) is 5.23. The SMILES string of the molecule is CCNC(=NCc1cccc(NC(=O)N2CCCC2)c1)NCc1ccc2c(c1)OCO2.I. The largest absolute Gasteiger partial charge is 0.454 e. The van der Waals surface area contributed by atoms with E-state index in [1.165, 1.54) is 0 Å². The molecule has 2 aromatic carbocycles. The molecule has 8 nitrogen and oxygen atoms in total. The molecule has 0 atom stereocenters. The van der Waals surface area contributed by atoms with Crippen LogP contribution in [-0.2, 0) is 13.1 Å². The first-order valence-electron chi connectivity index (χ1n) is 10.8. The van der Waals surface area contributed by atoms with Crippen LogP contribution in [0.4, 0.5) is 10.5 Å². The summed E-state index contributed by atoms with van der Waals surface area (Å²) in [6.07, 6.45) is 2.16. The highest BCUT2D eigenvalue weighted by atomic mass is 127. The number of urea groups is 1. The molecule has 2 aliphatic heterocycles. The Labute approximate surface area is 205 Å². The highest BCUT2D eigenvalue weighted by Gasteiger charge is 2.17. The van der Waals surface area contributed by atoms with Crippen LogP contribution in [0.25, 0.3) is 0 Å². The lowest BCUT2D eigenvalue weighted by molar-refractivity contribution is 0.174. The van der Waals surface area contributed by atoms with E-state index in [0.717, 1.165) is 66.7 Å². The van der Waals surface area contributed by atoms with Gasteiger partial charge < -0.3 is 30.3 Å². The topological polar surface area (TPSA) is 87.2 Å². The van der Waals surface area contributed by atoms with Gasteiger partial charge in [0.1, 0.15) is 0 Å². The van der Waals surface area contributed by atoms with E-state index in [1.54, 1.807) is 0 Å². The van der Waals surface area contributed by atoms with E-state index in [9.17, 15) is 4.79 Å². The van der Waals surface area contributed by atoms with E-state index < -0.39 is 0 Å². The molecule has 9 heteroatoms. The average Bonchev–Trinajstić information content (AvgIpc) is 3.48. The first-order valence-corrected chi connectivity index (χ1v) is 10.8. The number of rotatable bonds is 6. The minimum atomic E-state index is -0.0307. The van der Waals surface area contributed by atoms with Gasteiger partial charge in [-0.15, -0.1) is 24.0 Å². The van der Waals surface area contributed by atoms with Crippen molar-refractivity contribution in [2.45, 2.75) is 32.9 Å². The first kappa shape index (κ1) is 24.0. The molecule has 3 N–H and O–H groups in total. The first-order chi connectivity index (χ1) is 15.2. The van der Waals surface area contributed by atoms with E-state index in [0.29, 0.717) is 13.1 Å². The van der Waals surface area contributed by atoms with Crippen molar-refractivity contribution in [3.8, 4) is 11.5 Å². The fourth-order valence-corrected chi connectivity index (χ4v) is 3.62. The molecule has 2 amide bonds. The van der Waals surface area contributed by atoms with Crippen molar-refractivity contribution in [1.29, 1.82) is 0 Å². The van der Waals surface area contributed by atoms with Gasteiger partial charge in [-0.05, 0) is 55.2 Å². The van der Waals surface area contributed by atoms with Crippen LogP contribution in [0.2, 0.25) is 0 Å². The van der Waals surface area contributed by atoms with Crippen molar-refractivity contribution in [2.75, 3.05) is 31.7 Å². The highest BCUT2D eigenvalue weighted by Crippen LogP contribution is 2.32. The van der Waals surface area contributed by atoms with E-state index in [-0.39, 0.29) is 36.8 Å². The summed E-state index contributed by atoms with van der Waals surface area (Å²) in [6, 6.07) is 13.7. The van der Waals surface area contributed by atoms with Gasteiger partial charge in [0, 0.05) is 31.9 Å². The van der Waals surface area contributed by atoms with Gasteiger partial charge in [-0.3, -0.25) is 0 Å². The van der Waals surface area contributed by atoms with Crippen LogP contribution in [0.1, 0.15) is 30.9 Å². The molecule has 0 aliphatic carbocycles. The second kappa shape index (κ2) is 11.8. The maximum absolute atomic E-state index is 12.3. The van der Waals surface area contributed by atoms with Gasteiger partial charge >= 0.3 is 6.03 Å². The second-order valence-corrected chi connectivity index (χ2v) is 7.56. The number of ether oxygens (including phenoxy) is 2. The summed E-state index contributed by atoms with van der Waals surface area (Å²) in [4.78, 5) is 18.9. The molecule has 4 rings (SSSR count). The molecule has 2 aliphatic rings. The average molecular weight is 551 g/mol. The predicted octanol–water partition coefficient (Wildman–Crippen LogP) is 3.92.